The molecule has 1 aliphatic heterocycles. The molecule has 0 bridgehead atoms. The molecule has 1 fully saturated rings. The van der Waals surface area contributed by atoms with Crippen LogP contribution in [0, 0.1) is 17.1 Å². The predicted molar refractivity (Wildman–Crippen MR) is 154 cm³/mol. The fourth-order valence-electron chi connectivity index (χ4n) is 5.25. The number of piperazine rings is 1. The van der Waals surface area contributed by atoms with Crippen LogP contribution in [0.4, 0.5) is 10.2 Å². The van der Waals surface area contributed by atoms with Gasteiger partial charge in [-0.15, -0.1) is 0 Å². The number of nitriles is 1. The molecule has 0 aliphatic carbocycles. The number of carboxylic acid groups (broad SMARTS) is 1. The molecule has 1 N–H and O–H groups in total. The summed E-state index contributed by atoms with van der Waals surface area (Å²) in [5.74, 6) is 0.482. The largest absolute Gasteiger partial charge is 0.478 e. The van der Waals surface area contributed by atoms with Crippen LogP contribution in [0.3, 0.4) is 0 Å². The van der Waals surface area contributed by atoms with Crippen molar-refractivity contribution in [3.63, 3.8) is 0 Å². The maximum atomic E-state index is 14.3. The second kappa shape index (κ2) is 11.9. The number of anilines is 1. The Morgan fingerprint density at radius 1 is 1.16 bits per heavy atom. The molecule has 43 heavy (non-hydrogen) atoms. The number of fused-ring (bicyclic) bond motifs is 1. The monoisotopic (exact) mass is 581 g/mol. The highest BCUT2D eigenvalue weighted by molar-refractivity contribution is 5.92. The van der Waals surface area contributed by atoms with Crippen molar-refractivity contribution in [2.24, 2.45) is 0 Å². The SMILES string of the molecule is C[C@H]1CN(c2cccc(OCc3ccc(C#N)cc3F)n2)CCN1Cc1nc2ccc(C(=O)O)cc2n1Cc1cocn1. The smallest absolute Gasteiger partial charge is 0.335 e. The first-order chi connectivity index (χ1) is 20.9. The second-order valence-corrected chi connectivity index (χ2v) is 10.4. The Labute approximate surface area is 246 Å². The van der Waals surface area contributed by atoms with Gasteiger partial charge in [-0.2, -0.15) is 10.2 Å². The Hall–Kier alpha value is -5.28. The summed E-state index contributed by atoms with van der Waals surface area (Å²) in [4.78, 5) is 29.9. The summed E-state index contributed by atoms with van der Waals surface area (Å²) in [7, 11) is 0. The van der Waals surface area contributed by atoms with Gasteiger partial charge in [0.2, 0.25) is 5.88 Å². The van der Waals surface area contributed by atoms with Gasteiger partial charge in [-0.05, 0) is 43.3 Å². The normalized spacial score (nSPS) is 15.5. The van der Waals surface area contributed by atoms with Gasteiger partial charge in [-0.3, -0.25) is 4.90 Å². The molecule has 0 amide bonds. The average molecular weight is 582 g/mol. The van der Waals surface area contributed by atoms with Gasteiger partial charge < -0.3 is 23.7 Å². The molecule has 0 saturated carbocycles. The first kappa shape index (κ1) is 27.9. The molecular formula is C31H28FN7O4. The molecule has 218 valence electrons. The van der Waals surface area contributed by atoms with Crippen molar-refractivity contribution >= 4 is 22.8 Å². The van der Waals surface area contributed by atoms with E-state index >= 15 is 0 Å². The summed E-state index contributed by atoms with van der Waals surface area (Å²) in [6.07, 6.45) is 2.95. The summed E-state index contributed by atoms with van der Waals surface area (Å²) in [6, 6.07) is 16.8. The lowest BCUT2D eigenvalue weighted by atomic mass is 10.1. The number of oxazole rings is 1. The number of aromatic carboxylic acids is 1. The van der Waals surface area contributed by atoms with E-state index < -0.39 is 11.8 Å². The van der Waals surface area contributed by atoms with Crippen LogP contribution in [-0.4, -0.2) is 61.2 Å². The van der Waals surface area contributed by atoms with Crippen LogP contribution >= 0.6 is 0 Å². The Kier molecular flexibility index (Phi) is 7.72. The number of halogens is 1. The minimum Gasteiger partial charge on any atom is -0.478 e. The van der Waals surface area contributed by atoms with Crippen molar-refractivity contribution in [3.8, 4) is 11.9 Å². The van der Waals surface area contributed by atoms with E-state index in [-0.39, 0.29) is 23.8 Å². The number of carbonyl (C=O) groups is 1. The standard InChI is InChI=1S/C31H28FN7O4/c1-20-14-38(28-3-2-4-30(36-28)43-17-23-6-5-21(13-33)11-25(23)32)10-9-37(20)16-29-35-26-8-7-22(31(40)41)12-27(26)39(29)15-24-18-42-19-34-24/h2-8,11-12,18-20H,9-10,14-17H2,1H3,(H,40,41)/t20-/m0/s1. The van der Waals surface area contributed by atoms with Crippen molar-refractivity contribution < 1.29 is 23.4 Å². The third kappa shape index (κ3) is 6.02. The zero-order valence-electron chi connectivity index (χ0n) is 23.4. The van der Waals surface area contributed by atoms with Gasteiger partial charge in [0.15, 0.2) is 6.39 Å². The number of benzene rings is 2. The van der Waals surface area contributed by atoms with Gasteiger partial charge in [0, 0.05) is 37.3 Å². The van der Waals surface area contributed by atoms with Crippen LogP contribution in [0.5, 0.6) is 5.88 Å². The number of hydrogen-bond donors (Lipinski definition) is 1. The predicted octanol–water partition coefficient (Wildman–Crippen LogP) is 4.47. The van der Waals surface area contributed by atoms with Crippen LogP contribution < -0.4 is 9.64 Å². The van der Waals surface area contributed by atoms with E-state index in [4.69, 9.17) is 19.4 Å². The van der Waals surface area contributed by atoms with Crippen LogP contribution in [0.25, 0.3) is 11.0 Å². The number of imidazole rings is 1. The number of nitrogens with zero attached hydrogens (tertiary/aromatic N) is 7. The first-order valence-electron chi connectivity index (χ1n) is 13.7. The van der Waals surface area contributed by atoms with Gasteiger partial charge in [-0.25, -0.2) is 19.2 Å². The summed E-state index contributed by atoms with van der Waals surface area (Å²) in [5, 5.41) is 18.5. The summed E-state index contributed by atoms with van der Waals surface area (Å²) in [5.41, 5.74) is 2.97. The molecule has 0 unspecified atom stereocenters. The summed E-state index contributed by atoms with van der Waals surface area (Å²) in [6.45, 7) is 5.30. The minimum absolute atomic E-state index is 0.00146. The summed E-state index contributed by atoms with van der Waals surface area (Å²) >= 11 is 0. The maximum Gasteiger partial charge on any atom is 0.335 e. The van der Waals surface area contributed by atoms with E-state index in [0.717, 1.165) is 35.8 Å². The van der Waals surface area contributed by atoms with Crippen molar-refractivity contribution in [1.82, 2.24) is 24.4 Å². The van der Waals surface area contributed by atoms with Gasteiger partial charge in [0.25, 0.3) is 0 Å². The Morgan fingerprint density at radius 2 is 2.05 bits per heavy atom. The molecule has 1 saturated heterocycles. The molecule has 1 aliphatic rings. The Bertz CT molecular complexity index is 1810. The second-order valence-electron chi connectivity index (χ2n) is 10.4. The van der Waals surface area contributed by atoms with E-state index in [9.17, 15) is 14.3 Å². The molecule has 4 heterocycles. The van der Waals surface area contributed by atoms with E-state index in [2.05, 4.69) is 26.7 Å². The number of carboxylic acids is 1. The van der Waals surface area contributed by atoms with Gasteiger partial charge in [0.05, 0.1) is 47.0 Å². The fraction of sp³-hybridized carbons (Fsp3) is 0.258. The molecule has 6 rings (SSSR count). The number of rotatable bonds is 9. The zero-order chi connectivity index (χ0) is 29.9. The van der Waals surface area contributed by atoms with Gasteiger partial charge >= 0.3 is 5.97 Å². The molecule has 11 nitrogen and oxygen atoms in total. The van der Waals surface area contributed by atoms with E-state index in [1.54, 1.807) is 42.7 Å². The van der Waals surface area contributed by atoms with Crippen LogP contribution in [0.15, 0.2) is 71.7 Å². The highest BCUT2D eigenvalue weighted by Gasteiger charge is 2.27. The number of ether oxygens (including phenoxy) is 1. The fourth-order valence-corrected chi connectivity index (χ4v) is 5.25. The Morgan fingerprint density at radius 3 is 2.79 bits per heavy atom. The lowest BCUT2D eigenvalue weighted by molar-refractivity contribution is 0.0697. The minimum atomic E-state index is -0.994. The number of hydrogen-bond acceptors (Lipinski definition) is 9. The lowest BCUT2D eigenvalue weighted by Gasteiger charge is -2.40. The van der Waals surface area contributed by atoms with Gasteiger partial charge in [0.1, 0.15) is 30.3 Å². The van der Waals surface area contributed by atoms with Crippen molar-refractivity contribution in [2.45, 2.75) is 32.7 Å². The molecular weight excluding hydrogens is 553 g/mol. The molecule has 5 aromatic rings. The highest BCUT2D eigenvalue weighted by Crippen LogP contribution is 2.25. The van der Waals surface area contributed by atoms with Crippen molar-refractivity contribution in [1.29, 1.82) is 5.26 Å². The third-order valence-electron chi connectivity index (χ3n) is 7.58. The number of aromatic nitrogens is 4. The molecule has 3 aromatic heterocycles. The molecule has 2 aromatic carbocycles. The molecule has 12 heteroatoms. The van der Waals surface area contributed by atoms with Crippen molar-refractivity contribution in [2.75, 3.05) is 24.5 Å². The Balaban J connectivity index is 1.15. The van der Waals surface area contributed by atoms with E-state index in [1.165, 1.54) is 12.5 Å². The highest BCUT2D eigenvalue weighted by atomic mass is 19.1. The van der Waals surface area contributed by atoms with Gasteiger partial charge in [-0.1, -0.05) is 12.1 Å². The average Bonchev–Trinajstić information content (AvgIpc) is 3.65. The lowest BCUT2D eigenvalue weighted by Crippen LogP contribution is -2.52. The topological polar surface area (TPSA) is 134 Å². The third-order valence-corrected chi connectivity index (χ3v) is 7.58. The van der Waals surface area contributed by atoms with Crippen molar-refractivity contribution in [3.05, 3.63) is 101 Å². The summed E-state index contributed by atoms with van der Waals surface area (Å²) < 4.78 is 27.2. The zero-order valence-corrected chi connectivity index (χ0v) is 23.4. The van der Waals surface area contributed by atoms with Crippen LogP contribution in [-0.2, 0) is 19.7 Å². The quantitative estimate of drug-likeness (QED) is 0.266. The maximum absolute atomic E-state index is 14.3. The van der Waals surface area contributed by atoms with E-state index in [1.807, 2.05) is 22.8 Å². The first-order valence-corrected chi connectivity index (χ1v) is 13.7. The molecule has 0 spiro atoms. The molecule has 0 radical (unpaired) electrons. The molecule has 1 atom stereocenters. The van der Waals surface area contributed by atoms with Crippen LogP contribution in [0.2, 0.25) is 0 Å². The van der Waals surface area contributed by atoms with Crippen LogP contribution in [0.1, 0.15) is 39.9 Å². The number of pyridine rings is 1. The van der Waals surface area contributed by atoms with E-state index in [0.29, 0.717) is 36.8 Å².